The van der Waals surface area contributed by atoms with Crippen molar-refractivity contribution in [3.63, 3.8) is 0 Å². The number of aromatic hydroxyl groups is 1. The highest BCUT2D eigenvalue weighted by molar-refractivity contribution is 7.89. The first-order chi connectivity index (χ1) is 10.1. The van der Waals surface area contributed by atoms with Crippen molar-refractivity contribution in [3.8, 4) is 5.75 Å². The molecule has 22 heavy (non-hydrogen) atoms. The van der Waals surface area contributed by atoms with Gasteiger partial charge in [0.05, 0.1) is 11.2 Å². The molecule has 3 rings (SSSR count). The first kappa shape index (κ1) is 15.3. The molecular weight excluding hydrogens is 306 g/mol. The molecule has 2 unspecified atom stereocenters. The van der Waals surface area contributed by atoms with Crippen LogP contribution in [0.1, 0.15) is 33.1 Å². The minimum Gasteiger partial charge on any atom is -0.503 e. The normalized spacial score (nSPS) is 29.9. The first-order valence-corrected chi connectivity index (χ1v) is 8.90. The largest absolute Gasteiger partial charge is 0.503 e. The number of aromatic nitrogens is 1. The number of hydrogen-bond acceptors (Lipinski definition) is 5. The summed E-state index contributed by atoms with van der Waals surface area (Å²) in [7, 11) is -4.02. The Morgan fingerprint density at radius 3 is 2.59 bits per heavy atom. The highest BCUT2D eigenvalue weighted by Crippen LogP contribution is 2.64. The zero-order chi connectivity index (χ0) is 16.3. The summed E-state index contributed by atoms with van der Waals surface area (Å²) in [4.78, 5) is 24.3. The molecule has 1 aromatic heterocycles. The van der Waals surface area contributed by atoms with Crippen molar-refractivity contribution in [2.75, 3.05) is 5.75 Å². The van der Waals surface area contributed by atoms with E-state index in [4.69, 9.17) is 0 Å². The van der Waals surface area contributed by atoms with Gasteiger partial charge in [0.15, 0.2) is 5.75 Å². The third kappa shape index (κ3) is 1.81. The standard InChI is InChI=1S/C15H19NO5S/c1-14(2)10-5-6-15(14,12(18)8-10)9-22(20,21)16-7-3-4-11(17)13(16)19/h3-4,7,10,17H,5-6,8-9H2,1-2H3. The van der Waals surface area contributed by atoms with Gasteiger partial charge in [-0.15, -0.1) is 0 Å². The summed E-state index contributed by atoms with van der Waals surface area (Å²) in [6.07, 6.45) is 2.91. The Morgan fingerprint density at radius 2 is 2.05 bits per heavy atom. The van der Waals surface area contributed by atoms with E-state index in [1.165, 1.54) is 6.07 Å². The lowest BCUT2D eigenvalue weighted by Crippen LogP contribution is -2.45. The van der Waals surface area contributed by atoms with E-state index in [9.17, 15) is 23.1 Å². The Morgan fingerprint density at radius 1 is 1.36 bits per heavy atom. The Bertz CT molecular complexity index is 807. The van der Waals surface area contributed by atoms with Crippen molar-refractivity contribution in [1.29, 1.82) is 0 Å². The number of carbonyl (C=O) groups is 1. The zero-order valence-electron chi connectivity index (χ0n) is 12.6. The van der Waals surface area contributed by atoms with Gasteiger partial charge in [0.2, 0.25) is 10.0 Å². The summed E-state index contributed by atoms with van der Waals surface area (Å²) in [6.45, 7) is 3.88. The smallest absolute Gasteiger partial charge is 0.306 e. The van der Waals surface area contributed by atoms with E-state index in [0.717, 1.165) is 18.7 Å². The van der Waals surface area contributed by atoms with E-state index < -0.39 is 32.2 Å². The minimum absolute atomic E-state index is 0.0227. The van der Waals surface area contributed by atoms with Crippen LogP contribution in [0.5, 0.6) is 5.75 Å². The molecule has 2 fully saturated rings. The molecule has 1 aromatic rings. The summed E-state index contributed by atoms with van der Waals surface area (Å²) in [5, 5.41) is 9.44. The lowest BCUT2D eigenvalue weighted by molar-refractivity contribution is -0.128. The number of fused-ring (bicyclic) bond motifs is 2. The number of Topliss-reactive ketones (excluding diaryl/α,β-unsaturated/α-hetero) is 1. The minimum atomic E-state index is -4.02. The van der Waals surface area contributed by atoms with Crippen molar-refractivity contribution in [2.24, 2.45) is 16.7 Å². The van der Waals surface area contributed by atoms with E-state index >= 15 is 0 Å². The molecule has 0 aromatic carbocycles. The Labute approximate surface area is 128 Å². The molecular formula is C15H19NO5S. The van der Waals surface area contributed by atoms with E-state index in [1.807, 2.05) is 13.8 Å². The Balaban J connectivity index is 2.07. The van der Waals surface area contributed by atoms with Crippen molar-refractivity contribution >= 4 is 15.8 Å². The van der Waals surface area contributed by atoms with E-state index in [-0.39, 0.29) is 17.5 Å². The number of rotatable bonds is 3. The van der Waals surface area contributed by atoms with Crippen LogP contribution in [-0.2, 0) is 14.8 Å². The number of nitrogens with zero attached hydrogens (tertiary/aromatic N) is 1. The molecule has 0 spiro atoms. The van der Waals surface area contributed by atoms with Crippen LogP contribution in [0.3, 0.4) is 0 Å². The van der Waals surface area contributed by atoms with Gasteiger partial charge in [-0.3, -0.25) is 9.59 Å². The van der Waals surface area contributed by atoms with Crippen LogP contribution in [0.15, 0.2) is 23.1 Å². The summed E-state index contributed by atoms with van der Waals surface area (Å²) in [6, 6.07) is 2.44. The summed E-state index contributed by atoms with van der Waals surface area (Å²) in [5.41, 5.74) is -2.30. The predicted molar refractivity (Wildman–Crippen MR) is 80.1 cm³/mol. The quantitative estimate of drug-likeness (QED) is 0.899. The molecule has 0 saturated heterocycles. The summed E-state index contributed by atoms with van der Waals surface area (Å²) in [5.74, 6) is -0.822. The number of pyridine rings is 1. The SMILES string of the molecule is CC1(C)C2CCC1(CS(=O)(=O)n1cccc(O)c1=O)C(=O)C2. The molecule has 0 amide bonds. The van der Waals surface area contributed by atoms with E-state index in [0.29, 0.717) is 16.8 Å². The third-order valence-corrected chi connectivity index (χ3v) is 7.51. The molecule has 1 N–H and O–H groups in total. The zero-order valence-corrected chi connectivity index (χ0v) is 13.4. The van der Waals surface area contributed by atoms with Crippen molar-refractivity contribution < 1.29 is 18.3 Å². The summed E-state index contributed by atoms with van der Waals surface area (Å²) < 4.78 is 25.9. The van der Waals surface area contributed by atoms with Crippen molar-refractivity contribution in [3.05, 3.63) is 28.7 Å². The second kappa shape index (κ2) is 4.44. The van der Waals surface area contributed by atoms with Gasteiger partial charge in [0, 0.05) is 12.6 Å². The van der Waals surface area contributed by atoms with Crippen LogP contribution < -0.4 is 5.56 Å². The van der Waals surface area contributed by atoms with Gasteiger partial charge in [-0.1, -0.05) is 13.8 Å². The summed E-state index contributed by atoms with van der Waals surface area (Å²) >= 11 is 0. The highest BCUT2D eigenvalue weighted by atomic mass is 32.2. The molecule has 2 aliphatic rings. The van der Waals surface area contributed by atoms with E-state index in [2.05, 4.69) is 0 Å². The molecule has 2 atom stereocenters. The van der Waals surface area contributed by atoms with Crippen molar-refractivity contribution in [2.45, 2.75) is 33.1 Å². The molecule has 120 valence electrons. The van der Waals surface area contributed by atoms with Gasteiger partial charge in [-0.25, -0.2) is 12.4 Å². The molecule has 7 heteroatoms. The fourth-order valence-corrected chi connectivity index (χ4v) is 6.21. The second-order valence-electron chi connectivity index (χ2n) is 6.92. The van der Waals surface area contributed by atoms with Gasteiger partial charge in [0.1, 0.15) is 5.78 Å². The number of ketones is 1. The van der Waals surface area contributed by atoms with Crippen LogP contribution in [0, 0.1) is 16.7 Å². The van der Waals surface area contributed by atoms with E-state index in [1.54, 1.807) is 0 Å². The lowest BCUT2D eigenvalue weighted by atomic mass is 9.70. The second-order valence-corrected chi connectivity index (χ2v) is 8.76. The Kier molecular flexibility index (Phi) is 3.08. The molecule has 0 aliphatic heterocycles. The average molecular weight is 325 g/mol. The van der Waals surface area contributed by atoms with Gasteiger partial charge < -0.3 is 5.11 Å². The molecule has 6 nitrogen and oxygen atoms in total. The van der Waals surface area contributed by atoms with Crippen LogP contribution in [0.2, 0.25) is 0 Å². The maximum Gasteiger partial charge on any atom is 0.306 e. The average Bonchev–Trinajstić information content (AvgIpc) is 2.75. The highest BCUT2D eigenvalue weighted by Gasteiger charge is 2.65. The predicted octanol–water partition coefficient (Wildman–Crippen LogP) is 1.13. The van der Waals surface area contributed by atoms with Gasteiger partial charge in [-0.2, -0.15) is 0 Å². The van der Waals surface area contributed by atoms with Crippen molar-refractivity contribution in [1.82, 2.24) is 3.97 Å². The van der Waals surface area contributed by atoms with Crippen LogP contribution in [0.4, 0.5) is 0 Å². The molecule has 2 bridgehead atoms. The first-order valence-electron chi connectivity index (χ1n) is 7.29. The van der Waals surface area contributed by atoms with Crippen LogP contribution in [-0.4, -0.2) is 29.0 Å². The molecule has 2 aliphatic carbocycles. The molecule has 1 heterocycles. The fraction of sp³-hybridized carbons (Fsp3) is 0.600. The van der Waals surface area contributed by atoms with Gasteiger partial charge in [-0.05, 0) is 36.3 Å². The maximum atomic E-state index is 12.7. The van der Waals surface area contributed by atoms with Gasteiger partial charge in [0.25, 0.3) is 0 Å². The topological polar surface area (TPSA) is 93.4 Å². The Hall–Kier alpha value is -1.63. The number of hydrogen-bond donors (Lipinski definition) is 1. The van der Waals surface area contributed by atoms with Crippen LogP contribution in [0.25, 0.3) is 0 Å². The molecule has 2 saturated carbocycles. The molecule has 0 radical (unpaired) electrons. The fourth-order valence-electron chi connectivity index (χ4n) is 4.17. The van der Waals surface area contributed by atoms with Gasteiger partial charge >= 0.3 is 5.56 Å². The van der Waals surface area contributed by atoms with Crippen LogP contribution >= 0.6 is 0 Å². The maximum absolute atomic E-state index is 12.7. The number of carbonyl (C=O) groups excluding carboxylic acids is 1. The third-order valence-electron chi connectivity index (χ3n) is 5.76. The lowest BCUT2D eigenvalue weighted by Gasteiger charge is -2.36. The monoisotopic (exact) mass is 325 g/mol.